The van der Waals surface area contributed by atoms with Gasteiger partial charge in [0.15, 0.2) is 0 Å². The summed E-state index contributed by atoms with van der Waals surface area (Å²) >= 11 is 6.07. The first-order valence-corrected chi connectivity index (χ1v) is 11.6. The molecule has 1 N–H and O–H groups in total. The van der Waals surface area contributed by atoms with E-state index >= 15 is 0 Å². The fourth-order valence-corrected chi connectivity index (χ4v) is 5.75. The van der Waals surface area contributed by atoms with Gasteiger partial charge in [-0.05, 0) is 51.3 Å². The Morgan fingerprint density at radius 2 is 1.82 bits per heavy atom. The second-order valence-electron chi connectivity index (χ2n) is 8.84. The van der Waals surface area contributed by atoms with Gasteiger partial charge < -0.3 is 5.32 Å². The Bertz CT molecular complexity index is 938. The molecule has 150 valence electrons. The van der Waals surface area contributed by atoms with Crippen molar-refractivity contribution in [3.63, 3.8) is 0 Å². The molecule has 5 nitrogen and oxygen atoms in total. The zero-order chi connectivity index (χ0) is 20.1. The highest BCUT2D eigenvalue weighted by molar-refractivity contribution is 7.83. The summed E-state index contributed by atoms with van der Waals surface area (Å²) < 4.78 is 14.0. The average molecular weight is 420 g/mol. The van der Waals surface area contributed by atoms with Gasteiger partial charge in [-0.2, -0.15) is 5.10 Å². The molecule has 1 fully saturated rings. The number of benzene rings is 1. The molecule has 4 rings (SSSR count). The van der Waals surface area contributed by atoms with Gasteiger partial charge in [0.2, 0.25) is 5.91 Å². The summed E-state index contributed by atoms with van der Waals surface area (Å²) in [5.41, 5.74) is 1.94. The van der Waals surface area contributed by atoms with E-state index in [2.05, 4.69) is 26.1 Å². The molecule has 1 unspecified atom stereocenters. The molecule has 0 bridgehead atoms. The van der Waals surface area contributed by atoms with Gasteiger partial charge in [-0.3, -0.25) is 9.00 Å². The molecular formula is C21H26ClN3O2S. The van der Waals surface area contributed by atoms with Crippen LogP contribution in [0.2, 0.25) is 5.02 Å². The molecule has 0 spiro atoms. The molecule has 0 radical (unpaired) electrons. The van der Waals surface area contributed by atoms with Crippen LogP contribution in [0.15, 0.2) is 24.3 Å². The number of carbonyl (C=O) groups excluding carboxylic acids is 1. The zero-order valence-electron chi connectivity index (χ0n) is 16.5. The number of rotatable bonds is 3. The standard InChI is InChI=1S/C21H26ClN3O2S/c1-20(2,3)25-18(16-12-28(27)13-17(16)24-25)23-19(26)21(10-4-5-11-21)14-6-8-15(22)9-7-14/h6-9H,4-5,10-13H2,1-3H3,(H,23,26). The van der Waals surface area contributed by atoms with Crippen LogP contribution in [-0.2, 0) is 38.1 Å². The van der Waals surface area contributed by atoms with Crippen LogP contribution in [0.1, 0.15) is 63.3 Å². The molecule has 1 aliphatic carbocycles. The van der Waals surface area contributed by atoms with Crippen molar-refractivity contribution in [1.29, 1.82) is 0 Å². The van der Waals surface area contributed by atoms with E-state index in [-0.39, 0.29) is 11.4 Å². The van der Waals surface area contributed by atoms with Gasteiger partial charge in [0, 0.05) is 21.4 Å². The molecule has 2 aromatic rings. The first kappa shape index (κ1) is 19.6. The molecule has 1 aliphatic heterocycles. The van der Waals surface area contributed by atoms with Gasteiger partial charge in [-0.1, -0.05) is 36.6 Å². The van der Waals surface area contributed by atoms with Crippen LogP contribution < -0.4 is 5.32 Å². The molecule has 1 aromatic heterocycles. The predicted octanol–water partition coefficient (Wildman–Crippen LogP) is 4.50. The van der Waals surface area contributed by atoms with Crippen LogP contribution in [0.25, 0.3) is 0 Å². The number of halogens is 1. The molecule has 1 saturated carbocycles. The minimum Gasteiger partial charge on any atom is -0.310 e. The summed E-state index contributed by atoms with van der Waals surface area (Å²) in [5.74, 6) is 1.62. The second-order valence-corrected chi connectivity index (χ2v) is 10.7. The normalized spacial score (nSPS) is 20.9. The number of hydrogen-bond acceptors (Lipinski definition) is 3. The Balaban J connectivity index is 1.73. The summed E-state index contributed by atoms with van der Waals surface area (Å²) in [6.07, 6.45) is 3.68. The maximum atomic E-state index is 13.6. The largest absolute Gasteiger partial charge is 0.310 e. The number of fused-ring (bicyclic) bond motifs is 1. The SMILES string of the molecule is CC(C)(C)n1nc2c(c1NC(=O)C1(c3ccc(Cl)cc3)CCCC1)CS(=O)C2. The number of carbonyl (C=O) groups is 1. The van der Waals surface area contributed by atoms with Crippen molar-refractivity contribution in [2.24, 2.45) is 0 Å². The Hall–Kier alpha value is -1.66. The van der Waals surface area contributed by atoms with Gasteiger partial charge in [0.1, 0.15) is 5.82 Å². The lowest BCUT2D eigenvalue weighted by Gasteiger charge is -2.30. The predicted molar refractivity (Wildman–Crippen MR) is 113 cm³/mol. The number of hydrogen-bond donors (Lipinski definition) is 1. The Morgan fingerprint density at radius 1 is 1.18 bits per heavy atom. The number of nitrogens with zero attached hydrogens (tertiary/aromatic N) is 2. The Kier molecular flexibility index (Phi) is 4.91. The molecule has 2 aliphatic rings. The van der Waals surface area contributed by atoms with E-state index in [0.717, 1.165) is 42.5 Å². The first-order chi connectivity index (χ1) is 13.2. The second kappa shape index (κ2) is 6.99. The summed E-state index contributed by atoms with van der Waals surface area (Å²) in [6, 6.07) is 7.64. The lowest BCUT2D eigenvalue weighted by Crippen LogP contribution is -2.39. The van der Waals surface area contributed by atoms with E-state index < -0.39 is 16.2 Å². The smallest absolute Gasteiger partial charge is 0.236 e. The third-order valence-corrected chi connectivity index (χ3v) is 7.28. The molecule has 1 amide bonds. The van der Waals surface area contributed by atoms with Crippen LogP contribution in [0.4, 0.5) is 5.82 Å². The van der Waals surface area contributed by atoms with Crippen LogP contribution in [0.3, 0.4) is 0 Å². The van der Waals surface area contributed by atoms with E-state index in [0.29, 0.717) is 22.3 Å². The fraction of sp³-hybridized carbons (Fsp3) is 0.524. The molecule has 0 saturated heterocycles. The highest BCUT2D eigenvalue weighted by Crippen LogP contribution is 2.43. The average Bonchev–Trinajstić information content (AvgIpc) is 3.31. The Morgan fingerprint density at radius 3 is 2.43 bits per heavy atom. The third kappa shape index (κ3) is 3.30. The number of aromatic nitrogens is 2. The number of nitrogens with one attached hydrogen (secondary N) is 1. The van der Waals surface area contributed by atoms with E-state index in [9.17, 15) is 9.00 Å². The highest BCUT2D eigenvalue weighted by Gasteiger charge is 2.44. The van der Waals surface area contributed by atoms with E-state index in [1.165, 1.54) is 0 Å². The van der Waals surface area contributed by atoms with E-state index in [1.54, 1.807) is 0 Å². The van der Waals surface area contributed by atoms with Crippen molar-refractivity contribution in [2.75, 3.05) is 5.32 Å². The van der Waals surface area contributed by atoms with Crippen LogP contribution >= 0.6 is 11.6 Å². The third-order valence-electron chi connectivity index (χ3n) is 5.83. The van der Waals surface area contributed by atoms with Crippen molar-refractivity contribution >= 4 is 34.1 Å². The lowest BCUT2D eigenvalue weighted by molar-refractivity contribution is -0.121. The molecule has 28 heavy (non-hydrogen) atoms. The monoisotopic (exact) mass is 419 g/mol. The highest BCUT2D eigenvalue weighted by atomic mass is 35.5. The summed E-state index contributed by atoms with van der Waals surface area (Å²) in [4.78, 5) is 13.6. The molecule has 7 heteroatoms. The Labute approximate surface area is 173 Å². The van der Waals surface area contributed by atoms with Gasteiger partial charge in [0.05, 0.1) is 28.2 Å². The van der Waals surface area contributed by atoms with Crippen LogP contribution in [0, 0.1) is 0 Å². The summed E-state index contributed by atoms with van der Waals surface area (Å²) in [5, 5.41) is 8.57. The lowest BCUT2D eigenvalue weighted by atomic mass is 9.78. The van der Waals surface area contributed by atoms with Gasteiger partial charge in [-0.15, -0.1) is 0 Å². The van der Waals surface area contributed by atoms with Crippen molar-refractivity contribution in [3.05, 3.63) is 46.1 Å². The van der Waals surface area contributed by atoms with E-state index in [1.807, 2.05) is 28.9 Å². The summed E-state index contributed by atoms with van der Waals surface area (Å²) in [6.45, 7) is 6.19. The topological polar surface area (TPSA) is 64.0 Å². The van der Waals surface area contributed by atoms with Crippen molar-refractivity contribution in [2.45, 2.75) is 68.9 Å². The van der Waals surface area contributed by atoms with Crippen molar-refractivity contribution in [3.8, 4) is 0 Å². The van der Waals surface area contributed by atoms with Gasteiger partial charge in [0.25, 0.3) is 0 Å². The molecular weight excluding hydrogens is 394 g/mol. The quantitative estimate of drug-likeness (QED) is 0.796. The minimum absolute atomic E-state index is 0.00166. The van der Waals surface area contributed by atoms with Crippen molar-refractivity contribution in [1.82, 2.24) is 9.78 Å². The molecule has 1 aromatic carbocycles. The van der Waals surface area contributed by atoms with Gasteiger partial charge in [-0.25, -0.2) is 4.68 Å². The number of anilines is 1. The van der Waals surface area contributed by atoms with Gasteiger partial charge >= 0.3 is 0 Å². The van der Waals surface area contributed by atoms with Crippen molar-refractivity contribution < 1.29 is 9.00 Å². The van der Waals surface area contributed by atoms with Crippen LogP contribution in [0.5, 0.6) is 0 Å². The van der Waals surface area contributed by atoms with Crippen LogP contribution in [-0.4, -0.2) is 19.9 Å². The van der Waals surface area contributed by atoms with E-state index in [4.69, 9.17) is 16.7 Å². The zero-order valence-corrected chi connectivity index (χ0v) is 18.1. The maximum Gasteiger partial charge on any atom is 0.236 e. The molecule has 2 heterocycles. The fourth-order valence-electron chi connectivity index (χ4n) is 4.36. The first-order valence-electron chi connectivity index (χ1n) is 9.74. The molecule has 1 atom stereocenters. The summed E-state index contributed by atoms with van der Waals surface area (Å²) in [7, 11) is -0.941. The minimum atomic E-state index is -0.941. The maximum absolute atomic E-state index is 13.6. The number of amides is 1.